The average Bonchev–Trinajstić information content (AvgIpc) is 2.09. The smallest absolute Gasteiger partial charge is 0.322 e. The molecule has 0 aliphatic carbocycles. The molecule has 0 aromatic carbocycles. The fraction of sp³-hybridized carbons (Fsp3) is 0.800. The van der Waals surface area contributed by atoms with E-state index in [0.717, 1.165) is 12.8 Å². The molecule has 1 unspecified atom stereocenters. The highest BCUT2D eigenvalue weighted by Gasteiger charge is 2.21. The first-order valence-corrected chi connectivity index (χ1v) is 4.98. The van der Waals surface area contributed by atoms with E-state index in [1.165, 1.54) is 0 Å². The normalized spacial score (nSPS) is 12.6. The highest BCUT2D eigenvalue weighted by atomic mass is 16.4. The molecule has 0 fully saturated rings. The maximum atomic E-state index is 11.5. The number of rotatable bonds is 6. The number of carbonyl (C=O) groups excluding carboxylic acids is 1. The summed E-state index contributed by atoms with van der Waals surface area (Å²) in [5.41, 5.74) is 0. The topological polar surface area (TPSA) is 66.4 Å². The number of carboxylic acids is 1. The Kier molecular flexibility index (Phi) is 5.92. The van der Waals surface area contributed by atoms with Gasteiger partial charge in [0.1, 0.15) is 6.54 Å². The van der Waals surface area contributed by atoms with E-state index in [4.69, 9.17) is 5.11 Å². The quantitative estimate of drug-likeness (QED) is 0.680. The molecule has 0 saturated heterocycles. The van der Waals surface area contributed by atoms with E-state index in [1.807, 2.05) is 20.8 Å². The highest BCUT2D eigenvalue weighted by Crippen LogP contribution is 2.16. The largest absolute Gasteiger partial charge is 0.480 e. The summed E-state index contributed by atoms with van der Waals surface area (Å²) in [5.74, 6) is -0.968. The molecule has 1 atom stereocenters. The monoisotopic (exact) mass is 201 g/mol. The van der Waals surface area contributed by atoms with Crippen LogP contribution in [-0.2, 0) is 9.59 Å². The van der Waals surface area contributed by atoms with Crippen LogP contribution >= 0.6 is 0 Å². The molecule has 0 aliphatic rings. The molecule has 0 heterocycles. The van der Waals surface area contributed by atoms with Crippen molar-refractivity contribution in [1.82, 2.24) is 5.32 Å². The van der Waals surface area contributed by atoms with Crippen LogP contribution in [0.25, 0.3) is 0 Å². The predicted molar refractivity (Wildman–Crippen MR) is 53.9 cm³/mol. The van der Waals surface area contributed by atoms with Gasteiger partial charge in [0.25, 0.3) is 0 Å². The molecule has 14 heavy (non-hydrogen) atoms. The molecule has 0 saturated carbocycles. The first kappa shape index (κ1) is 12.9. The van der Waals surface area contributed by atoms with E-state index >= 15 is 0 Å². The van der Waals surface area contributed by atoms with Gasteiger partial charge in [0.2, 0.25) is 5.91 Å². The van der Waals surface area contributed by atoms with Crippen molar-refractivity contribution < 1.29 is 14.7 Å². The molecular formula is C10H19NO3. The van der Waals surface area contributed by atoms with Gasteiger partial charge in [-0.3, -0.25) is 9.59 Å². The molecule has 2 N–H and O–H groups in total. The third kappa shape index (κ3) is 4.84. The molecular weight excluding hydrogens is 182 g/mol. The van der Waals surface area contributed by atoms with Crippen LogP contribution in [0.2, 0.25) is 0 Å². The molecule has 0 radical (unpaired) electrons. The Labute approximate surface area is 84.7 Å². The summed E-state index contributed by atoms with van der Waals surface area (Å²) in [5, 5.41) is 10.8. The minimum absolute atomic E-state index is 0.0700. The summed E-state index contributed by atoms with van der Waals surface area (Å²) in [6, 6.07) is 0. The van der Waals surface area contributed by atoms with Crippen LogP contribution in [0.15, 0.2) is 0 Å². The molecule has 82 valence electrons. The van der Waals surface area contributed by atoms with Gasteiger partial charge in [-0.05, 0) is 12.3 Å². The van der Waals surface area contributed by atoms with Crippen molar-refractivity contribution in [3.63, 3.8) is 0 Å². The molecule has 0 aromatic rings. The lowest BCUT2D eigenvalue weighted by atomic mass is 9.90. The first-order chi connectivity index (χ1) is 6.49. The van der Waals surface area contributed by atoms with Gasteiger partial charge in [-0.2, -0.15) is 0 Å². The SMILES string of the molecule is CCCC(C(=O)NCC(=O)O)C(C)C. The fourth-order valence-electron chi connectivity index (χ4n) is 1.37. The summed E-state index contributed by atoms with van der Waals surface area (Å²) in [7, 11) is 0. The third-order valence-corrected chi connectivity index (χ3v) is 2.16. The van der Waals surface area contributed by atoms with Crippen LogP contribution in [0.4, 0.5) is 0 Å². The van der Waals surface area contributed by atoms with Crippen molar-refractivity contribution >= 4 is 11.9 Å². The van der Waals surface area contributed by atoms with Crippen LogP contribution in [0.3, 0.4) is 0 Å². The summed E-state index contributed by atoms with van der Waals surface area (Å²) in [4.78, 5) is 21.7. The lowest BCUT2D eigenvalue weighted by Gasteiger charge is -2.18. The number of carbonyl (C=O) groups is 2. The predicted octanol–water partition coefficient (Wildman–Crippen LogP) is 1.26. The van der Waals surface area contributed by atoms with Gasteiger partial charge in [-0.1, -0.05) is 27.2 Å². The van der Waals surface area contributed by atoms with Crippen molar-refractivity contribution in [2.45, 2.75) is 33.6 Å². The van der Waals surface area contributed by atoms with E-state index in [0.29, 0.717) is 0 Å². The second-order valence-electron chi connectivity index (χ2n) is 3.75. The van der Waals surface area contributed by atoms with Crippen molar-refractivity contribution in [2.75, 3.05) is 6.54 Å². The van der Waals surface area contributed by atoms with Gasteiger partial charge in [0.05, 0.1) is 0 Å². The summed E-state index contributed by atoms with van der Waals surface area (Å²) in [6.07, 6.45) is 1.74. The van der Waals surface area contributed by atoms with Crippen LogP contribution in [-0.4, -0.2) is 23.5 Å². The van der Waals surface area contributed by atoms with Crippen LogP contribution in [0.5, 0.6) is 0 Å². The average molecular weight is 201 g/mol. The summed E-state index contributed by atoms with van der Waals surface area (Å²) < 4.78 is 0. The van der Waals surface area contributed by atoms with E-state index in [9.17, 15) is 9.59 Å². The minimum Gasteiger partial charge on any atom is -0.480 e. The second-order valence-corrected chi connectivity index (χ2v) is 3.75. The molecule has 4 nitrogen and oxygen atoms in total. The molecule has 4 heteroatoms. The van der Waals surface area contributed by atoms with Crippen molar-refractivity contribution in [1.29, 1.82) is 0 Å². The first-order valence-electron chi connectivity index (χ1n) is 4.98. The number of nitrogens with one attached hydrogen (secondary N) is 1. The van der Waals surface area contributed by atoms with E-state index in [1.54, 1.807) is 0 Å². The standard InChI is InChI=1S/C10H19NO3/c1-4-5-8(7(2)3)10(14)11-6-9(12)13/h7-8H,4-6H2,1-3H3,(H,11,14)(H,12,13). The van der Waals surface area contributed by atoms with Crippen molar-refractivity contribution in [2.24, 2.45) is 11.8 Å². The van der Waals surface area contributed by atoms with E-state index < -0.39 is 5.97 Å². The molecule has 0 spiro atoms. The van der Waals surface area contributed by atoms with Gasteiger partial charge < -0.3 is 10.4 Å². The Morgan fingerprint density at radius 3 is 2.29 bits per heavy atom. The van der Waals surface area contributed by atoms with Crippen LogP contribution < -0.4 is 5.32 Å². The maximum Gasteiger partial charge on any atom is 0.322 e. The molecule has 0 aromatic heterocycles. The van der Waals surface area contributed by atoms with Gasteiger partial charge in [0, 0.05) is 5.92 Å². The Hall–Kier alpha value is -1.06. The van der Waals surface area contributed by atoms with Gasteiger partial charge in [-0.25, -0.2) is 0 Å². The number of hydrogen-bond acceptors (Lipinski definition) is 2. The Bertz CT molecular complexity index is 202. The molecule has 0 rings (SSSR count). The zero-order valence-corrected chi connectivity index (χ0v) is 9.04. The number of amides is 1. The van der Waals surface area contributed by atoms with Gasteiger partial charge in [0.15, 0.2) is 0 Å². The van der Waals surface area contributed by atoms with Crippen LogP contribution in [0, 0.1) is 11.8 Å². The molecule has 1 amide bonds. The summed E-state index contributed by atoms with van der Waals surface area (Å²) in [6.45, 7) is 5.67. The number of hydrogen-bond donors (Lipinski definition) is 2. The number of carboxylic acid groups (broad SMARTS) is 1. The van der Waals surface area contributed by atoms with E-state index in [2.05, 4.69) is 5.32 Å². The highest BCUT2D eigenvalue weighted by molar-refractivity contribution is 5.83. The van der Waals surface area contributed by atoms with Gasteiger partial charge in [-0.15, -0.1) is 0 Å². The van der Waals surface area contributed by atoms with Crippen molar-refractivity contribution in [3.05, 3.63) is 0 Å². The zero-order chi connectivity index (χ0) is 11.1. The fourth-order valence-corrected chi connectivity index (χ4v) is 1.37. The third-order valence-electron chi connectivity index (χ3n) is 2.16. The molecule has 0 bridgehead atoms. The Morgan fingerprint density at radius 2 is 1.93 bits per heavy atom. The van der Waals surface area contributed by atoms with E-state index in [-0.39, 0.29) is 24.3 Å². The van der Waals surface area contributed by atoms with Crippen molar-refractivity contribution in [3.8, 4) is 0 Å². The Balaban J connectivity index is 4.08. The second kappa shape index (κ2) is 6.40. The minimum atomic E-state index is -1.00. The van der Waals surface area contributed by atoms with Crippen LogP contribution in [0.1, 0.15) is 33.6 Å². The lowest BCUT2D eigenvalue weighted by molar-refractivity contribution is -0.138. The number of aliphatic carboxylic acids is 1. The summed E-state index contributed by atoms with van der Waals surface area (Å²) >= 11 is 0. The van der Waals surface area contributed by atoms with Gasteiger partial charge >= 0.3 is 5.97 Å². The lowest BCUT2D eigenvalue weighted by Crippen LogP contribution is -2.36. The zero-order valence-electron chi connectivity index (χ0n) is 9.04. The molecule has 0 aliphatic heterocycles. The maximum absolute atomic E-state index is 11.5. The Morgan fingerprint density at radius 1 is 1.36 bits per heavy atom.